The van der Waals surface area contributed by atoms with E-state index in [0.29, 0.717) is 37.7 Å². The number of hydrogen-bond donors (Lipinski definition) is 7. The van der Waals surface area contributed by atoms with Gasteiger partial charge in [0.1, 0.15) is 35.8 Å². The molecular formula is C58H82FN5O11. The fourth-order valence-electron chi connectivity index (χ4n) is 10.9. The lowest BCUT2D eigenvalue weighted by Crippen LogP contribution is -2.70. The lowest BCUT2D eigenvalue weighted by molar-refractivity contribution is -0.205. The summed E-state index contributed by atoms with van der Waals surface area (Å²) in [5.41, 5.74) is 4.23. The Morgan fingerprint density at radius 1 is 1.03 bits per heavy atom. The molecule has 0 aromatic heterocycles. The highest BCUT2D eigenvalue weighted by Gasteiger charge is 2.60. The lowest BCUT2D eigenvalue weighted by Gasteiger charge is -2.59. The summed E-state index contributed by atoms with van der Waals surface area (Å²) in [4.78, 5) is 81.8. The molecule has 2 unspecified atom stereocenters. The quantitative estimate of drug-likeness (QED) is 0.0620. The van der Waals surface area contributed by atoms with Gasteiger partial charge in [0.25, 0.3) is 5.91 Å². The summed E-state index contributed by atoms with van der Waals surface area (Å²) >= 11 is 0. The van der Waals surface area contributed by atoms with Crippen molar-refractivity contribution in [2.24, 2.45) is 41.4 Å². The van der Waals surface area contributed by atoms with Crippen LogP contribution in [0.2, 0.25) is 0 Å². The molecule has 7 N–H and O–H groups in total. The van der Waals surface area contributed by atoms with Crippen molar-refractivity contribution >= 4 is 35.4 Å². The minimum atomic E-state index is -1.46. The number of benzene rings is 1. The molecule has 1 aromatic carbocycles. The molecule has 6 rings (SSSR count). The number of fused-ring (bicyclic) bond motifs is 2. The number of ether oxygens (including phenoxy) is 2. The maximum atomic E-state index is 14.8. The maximum Gasteiger partial charge on any atom is 0.325 e. The number of hydrogen-bond acceptors (Lipinski definition) is 12. The zero-order chi connectivity index (χ0) is 54.7. The second-order valence-electron chi connectivity index (χ2n) is 22.1. The molecule has 15 atom stereocenters. The molecule has 412 valence electrons. The summed E-state index contributed by atoms with van der Waals surface area (Å²) in [6, 6.07) is 1.54. The Morgan fingerprint density at radius 3 is 2.49 bits per heavy atom. The van der Waals surface area contributed by atoms with Gasteiger partial charge in [-0.2, -0.15) is 0 Å². The van der Waals surface area contributed by atoms with Gasteiger partial charge < -0.3 is 45.5 Å². The van der Waals surface area contributed by atoms with Crippen molar-refractivity contribution in [2.45, 2.75) is 180 Å². The highest BCUT2D eigenvalue weighted by Crippen LogP contribution is 2.54. The number of aliphatic hydroxyl groups excluding tert-OH is 3. The van der Waals surface area contributed by atoms with E-state index < -0.39 is 95.5 Å². The molecule has 4 heterocycles. The van der Waals surface area contributed by atoms with Crippen molar-refractivity contribution in [3.63, 3.8) is 0 Å². The van der Waals surface area contributed by atoms with Gasteiger partial charge in [-0.1, -0.05) is 102 Å². The molecule has 4 amide bonds. The van der Waals surface area contributed by atoms with E-state index >= 15 is 0 Å². The number of hydrazine groups is 1. The Hall–Kier alpha value is -5.33. The molecule has 17 heteroatoms. The van der Waals surface area contributed by atoms with E-state index in [1.807, 2.05) is 39.0 Å². The molecule has 16 nitrogen and oxygen atoms in total. The molecule has 1 aliphatic carbocycles. The van der Waals surface area contributed by atoms with Crippen LogP contribution >= 0.6 is 0 Å². The van der Waals surface area contributed by atoms with Crippen LogP contribution in [0, 0.1) is 47.2 Å². The summed E-state index contributed by atoms with van der Waals surface area (Å²) < 4.78 is 27.6. The number of nitrogens with one attached hydrogen (secondary N) is 4. The number of allylic oxidation sites excluding steroid dienone is 5. The molecular weight excluding hydrogens is 962 g/mol. The number of esters is 1. The van der Waals surface area contributed by atoms with Crippen LogP contribution in [-0.2, 0) is 38.2 Å². The molecule has 3 fully saturated rings. The molecule has 2 bridgehead atoms. The zero-order valence-corrected chi connectivity index (χ0v) is 45.0. The second kappa shape index (κ2) is 26.6. The fourth-order valence-corrected chi connectivity index (χ4v) is 10.9. The van der Waals surface area contributed by atoms with Crippen molar-refractivity contribution in [3.8, 4) is 0 Å². The highest BCUT2D eigenvalue weighted by molar-refractivity contribution is 5.93. The lowest BCUT2D eigenvalue weighted by atomic mass is 9.62. The first-order valence-corrected chi connectivity index (χ1v) is 27.2. The van der Waals surface area contributed by atoms with Gasteiger partial charge in [-0.15, -0.1) is 0 Å². The predicted octanol–water partition coefficient (Wildman–Crippen LogP) is 6.28. The van der Waals surface area contributed by atoms with Crippen LogP contribution in [0.4, 0.5) is 4.39 Å². The third-order valence-electron chi connectivity index (χ3n) is 16.1. The molecule has 4 aliphatic heterocycles. The minimum absolute atomic E-state index is 0.000916. The highest BCUT2D eigenvalue weighted by atomic mass is 19.1. The van der Waals surface area contributed by atoms with E-state index in [1.165, 1.54) is 36.2 Å². The summed E-state index contributed by atoms with van der Waals surface area (Å²) in [5, 5.41) is 44.0. The summed E-state index contributed by atoms with van der Waals surface area (Å²) in [7, 11) is 0. The number of halogens is 1. The largest absolute Gasteiger partial charge is 0.456 e. The van der Waals surface area contributed by atoms with Gasteiger partial charge in [-0.3, -0.25) is 29.0 Å². The van der Waals surface area contributed by atoms with E-state index in [4.69, 9.17) is 9.47 Å². The Labute approximate surface area is 442 Å². The van der Waals surface area contributed by atoms with Crippen LogP contribution in [0.15, 0.2) is 84.0 Å². The number of carbonyl (C=O) groups excluding carboxylic acids is 6. The number of carbonyl (C=O) groups is 6. The number of rotatable bonds is 14. The third-order valence-corrected chi connectivity index (χ3v) is 16.1. The first-order chi connectivity index (χ1) is 35.6. The van der Waals surface area contributed by atoms with E-state index in [-0.39, 0.29) is 72.8 Å². The van der Waals surface area contributed by atoms with Gasteiger partial charge in [0.15, 0.2) is 5.72 Å². The Kier molecular flexibility index (Phi) is 20.9. The number of piperidine rings is 1. The van der Waals surface area contributed by atoms with E-state index in [0.717, 1.165) is 30.9 Å². The molecule has 5 aliphatic rings. The second-order valence-corrected chi connectivity index (χ2v) is 22.1. The van der Waals surface area contributed by atoms with Crippen LogP contribution < -0.4 is 21.4 Å². The van der Waals surface area contributed by atoms with Gasteiger partial charge in [0.05, 0.1) is 30.3 Å². The number of aliphatic hydroxyl groups is 3. The van der Waals surface area contributed by atoms with E-state index in [9.17, 15) is 48.5 Å². The molecule has 0 radical (unpaired) electrons. The van der Waals surface area contributed by atoms with Gasteiger partial charge >= 0.3 is 5.97 Å². The summed E-state index contributed by atoms with van der Waals surface area (Å²) in [6.45, 7) is 14.4. The molecule has 1 aromatic rings. The van der Waals surface area contributed by atoms with Crippen LogP contribution in [0.3, 0.4) is 0 Å². The Balaban J connectivity index is 1.18. The van der Waals surface area contributed by atoms with Gasteiger partial charge in [0, 0.05) is 49.5 Å². The van der Waals surface area contributed by atoms with Crippen LogP contribution in [0.1, 0.15) is 138 Å². The average molecular weight is 1040 g/mol. The van der Waals surface area contributed by atoms with Crippen molar-refractivity contribution in [1.29, 1.82) is 0 Å². The predicted molar refractivity (Wildman–Crippen MR) is 281 cm³/mol. The number of Topliss-reactive ketones (excluding diaryl/α,β-unsaturated/α-hetero) is 1. The molecule has 1 saturated carbocycles. The Bertz CT molecular complexity index is 2370. The number of nitrogens with zero attached hydrogens (tertiary/aromatic N) is 1. The van der Waals surface area contributed by atoms with Crippen molar-refractivity contribution < 1.29 is 58.0 Å². The Morgan fingerprint density at radius 2 is 1.79 bits per heavy atom. The fraction of sp³-hybridized carbons (Fsp3) is 0.621. The topological polar surface area (TPSA) is 233 Å². The molecule has 1 spiro atoms. The monoisotopic (exact) mass is 1040 g/mol. The van der Waals surface area contributed by atoms with Gasteiger partial charge in [-0.05, 0) is 106 Å². The van der Waals surface area contributed by atoms with Crippen LogP contribution in [-0.4, -0.2) is 111 Å². The average Bonchev–Trinajstić information content (AvgIpc) is 3.37. The van der Waals surface area contributed by atoms with Crippen molar-refractivity contribution in [3.05, 3.63) is 95.4 Å². The summed E-state index contributed by atoms with van der Waals surface area (Å²) in [6.07, 6.45) is 15.3. The number of cyclic esters (lactones) is 1. The maximum absolute atomic E-state index is 14.8. The van der Waals surface area contributed by atoms with E-state index in [2.05, 4.69) is 34.4 Å². The van der Waals surface area contributed by atoms with Gasteiger partial charge in [-0.25, -0.2) is 9.82 Å². The first kappa shape index (κ1) is 58.9. The molecule has 75 heavy (non-hydrogen) atoms. The van der Waals surface area contributed by atoms with Crippen LogP contribution in [0.25, 0.3) is 0 Å². The SMILES string of the molecule is CC[C@H]1C[C@@H]2CC3=C[C@@H](C)[C@H](C[C@H](O)[C@@H](C)CC/C=C/C=C(\C)[C@@H]4C/C=C/C=C/[C@H](O)[C@H](C)[C@@H](O)[C@@H](CCC(C)=O)C(=O)N[C@@H](C(C)C)C(=O)NC(c5cccc(F)c5)C(=O)N5CCCC(N5)C(=O)O4)O[C@@]32NC1=O. The zero-order valence-electron chi connectivity index (χ0n) is 45.0. The normalized spacial score (nSPS) is 34.2. The smallest absolute Gasteiger partial charge is 0.325 e. The first-order valence-electron chi connectivity index (χ1n) is 27.2. The number of amides is 4. The third kappa shape index (κ3) is 14.8. The van der Waals surface area contributed by atoms with E-state index in [1.54, 1.807) is 39.0 Å². The molecule has 2 saturated heterocycles. The van der Waals surface area contributed by atoms with Gasteiger partial charge in [0.2, 0.25) is 17.7 Å². The van der Waals surface area contributed by atoms with Crippen molar-refractivity contribution in [2.75, 3.05) is 6.54 Å². The summed E-state index contributed by atoms with van der Waals surface area (Å²) in [5.74, 6) is -6.00. The van der Waals surface area contributed by atoms with Crippen LogP contribution in [0.5, 0.6) is 0 Å². The number of ketones is 1. The minimum Gasteiger partial charge on any atom is -0.456 e. The standard InChI is InChI=1S/C58H82FN5O11/c1-9-39-29-42-31-41-28-36(6)49(75-58(41,42)62-53(39)69)32-47(67)34(4)18-12-10-13-19-35(5)48-24-15-11-14-23-46(66)38(8)52(68)44(26-25-37(7)65)54(70)60-50(33(2)3)55(71)61-51(40-20-16-21-43(59)30-40)56(72)64-27-17-22-45(63-64)57(73)74-48/h10-11,13-16,19-21,23,28,30,33-34,36,38-39,42,44-52,63,66-68H,9,12,17-18,22,24-27,29,31-32H2,1-8H3,(H,60,70)(H,61,71)(H,62,69)/b13-10+,15-11+,23-14+,35-19+/t34-,36+,38-,39-,42+,44+,45?,46-,47-,48-,49-,50-,51?,52+,58-/m0/s1. The van der Waals surface area contributed by atoms with Crippen molar-refractivity contribution in [1.82, 2.24) is 26.4 Å².